The molecule has 0 N–H and O–H groups in total. The van der Waals surface area contributed by atoms with Crippen LogP contribution in [0.15, 0.2) is 23.3 Å². The molecule has 1 aliphatic heterocycles. The van der Waals surface area contributed by atoms with Crippen molar-refractivity contribution in [2.45, 2.75) is 58.5 Å². The molecule has 0 saturated carbocycles. The van der Waals surface area contributed by atoms with Crippen molar-refractivity contribution >= 4 is 5.97 Å². The first-order chi connectivity index (χ1) is 9.14. The van der Waals surface area contributed by atoms with E-state index in [-0.39, 0.29) is 23.0 Å². The lowest BCUT2D eigenvalue weighted by molar-refractivity contribution is -0.148. The minimum atomic E-state index is -0.0802. The lowest BCUT2D eigenvalue weighted by Gasteiger charge is -2.39. The molecule has 1 aliphatic carbocycles. The van der Waals surface area contributed by atoms with E-state index in [1.165, 1.54) is 11.1 Å². The molecule has 0 radical (unpaired) electrons. The average molecular weight is 277 g/mol. The van der Waals surface area contributed by atoms with Crippen molar-refractivity contribution in [1.29, 1.82) is 0 Å². The molecule has 0 aromatic heterocycles. The molecule has 1 heterocycles. The Morgan fingerprint density at radius 2 is 1.90 bits per heavy atom. The molecule has 0 spiro atoms. The van der Waals surface area contributed by atoms with Crippen LogP contribution in [-0.2, 0) is 9.53 Å². The lowest BCUT2D eigenvalue weighted by Crippen LogP contribution is -2.48. The molecule has 3 heteroatoms. The van der Waals surface area contributed by atoms with E-state index in [1.54, 1.807) is 0 Å². The van der Waals surface area contributed by atoms with Crippen LogP contribution < -0.4 is 0 Å². The van der Waals surface area contributed by atoms with Crippen LogP contribution in [0.2, 0.25) is 0 Å². The summed E-state index contributed by atoms with van der Waals surface area (Å²) in [6.07, 6.45) is 1.53. The maximum Gasteiger partial charge on any atom is 0.309 e. The highest BCUT2D eigenvalue weighted by atomic mass is 16.5. The first-order valence-corrected chi connectivity index (χ1v) is 7.46. The molecular weight excluding hydrogens is 250 g/mol. The number of esters is 1. The van der Waals surface area contributed by atoms with Crippen LogP contribution in [0.3, 0.4) is 0 Å². The SMILES string of the molecule is C=C1CC(C(=O)OCC)CC2=C1C(C)(C)N(C)C2(C)C. The summed E-state index contributed by atoms with van der Waals surface area (Å²) >= 11 is 0. The van der Waals surface area contributed by atoms with Gasteiger partial charge in [-0.15, -0.1) is 0 Å². The smallest absolute Gasteiger partial charge is 0.309 e. The second-order valence-electron chi connectivity index (χ2n) is 6.99. The second-order valence-corrected chi connectivity index (χ2v) is 6.99. The summed E-state index contributed by atoms with van der Waals surface area (Å²) in [6.45, 7) is 15.5. The van der Waals surface area contributed by atoms with Crippen LogP contribution in [0.4, 0.5) is 0 Å². The lowest BCUT2D eigenvalue weighted by atomic mass is 9.74. The van der Waals surface area contributed by atoms with Gasteiger partial charge in [0.1, 0.15) is 0 Å². The van der Waals surface area contributed by atoms with Gasteiger partial charge in [-0.3, -0.25) is 9.69 Å². The van der Waals surface area contributed by atoms with Gasteiger partial charge in [-0.1, -0.05) is 6.58 Å². The number of hydrogen-bond acceptors (Lipinski definition) is 3. The van der Waals surface area contributed by atoms with Gasteiger partial charge in [0.2, 0.25) is 0 Å². The molecule has 0 fully saturated rings. The Hall–Kier alpha value is -1.09. The van der Waals surface area contributed by atoms with Crippen molar-refractivity contribution in [3.05, 3.63) is 23.3 Å². The largest absolute Gasteiger partial charge is 0.466 e. The predicted molar refractivity (Wildman–Crippen MR) is 81.4 cm³/mol. The minimum Gasteiger partial charge on any atom is -0.466 e. The number of ether oxygens (including phenoxy) is 1. The number of nitrogens with zero attached hydrogens (tertiary/aromatic N) is 1. The van der Waals surface area contributed by atoms with Gasteiger partial charge in [0.15, 0.2) is 0 Å². The van der Waals surface area contributed by atoms with E-state index < -0.39 is 0 Å². The van der Waals surface area contributed by atoms with Gasteiger partial charge in [-0.25, -0.2) is 0 Å². The third-order valence-corrected chi connectivity index (χ3v) is 5.25. The van der Waals surface area contributed by atoms with Gasteiger partial charge < -0.3 is 4.74 Å². The number of likely N-dealkylation sites (N-methyl/N-ethyl adjacent to an activating group) is 1. The van der Waals surface area contributed by atoms with Gasteiger partial charge in [-0.2, -0.15) is 0 Å². The van der Waals surface area contributed by atoms with Crippen LogP contribution in [0, 0.1) is 5.92 Å². The van der Waals surface area contributed by atoms with Crippen molar-refractivity contribution in [3.8, 4) is 0 Å². The Morgan fingerprint density at radius 3 is 2.45 bits per heavy atom. The first kappa shape index (κ1) is 15.3. The van der Waals surface area contributed by atoms with Crippen LogP contribution in [0.1, 0.15) is 47.5 Å². The summed E-state index contributed by atoms with van der Waals surface area (Å²) in [4.78, 5) is 14.5. The molecule has 0 aromatic rings. The van der Waals surface area contributed by atoms with Crippen LogP contribution in [0.25, 0.3) is 0 Å². The molecule has 0 bridgehead atoms. The van der Waals surface area contributed by atoms with Crippen molar-refractivity contribution < 1.29 is 9.53 Å². The van der Waals surface area contributed by atoms with E-state index in [4.69, 9.17) is 4.74 Å². The maximum absolute atomic E-state index is 12.1. The van der Waals surface area contributed by atoms with Crippen molar-refractivity contribution in [1.82, 2.24) is 4.90 Å². The summed E-state index contributed by atoms with van der Waals surface area (Å²) in [7, 11) is 2.16. The van der Waals surface area contributed by atoms with Crippen molar-refractivity contribution in [2.75, 3.05) is 13.7 Å². The van der Waals surface area contributed by atoms with Gasteiger partial charge in [-0.05, 0) is 71.2 Å². The summed E-state index contributed by atoms with van der Waals surface area (Å²) in [5.74, 6) is -0.147. The molecular formula is C17H27NO2. The third-order valence-electron chi connectivity index (χ3n) is 5.25. The summed E-state index contributed by atoms with van der Waals surface area (Å²) in [5, 5.41) is 0. The summed E-state index contributed by atoms with van der Waals surface area (Å²) in [5.41, 5.74) is 3.76. The quantitative estimate of drug-likeness (QED) is 0.725. The summed E-state index contributed by atoms with van der Waals surface area (Å²) < 4.78 is 5.21. The maximum atomic E-state index is 12.1. The molecule has 1 unspecified atom stereocenters. The van der Waals surface area contributed by atoms with E-state index in [1.807, 2.05) is 6.92 Å². The molecule has 112 valence electrons. The molecule has 0 amide bonds. The third kappa shape index (κ3) is 2.03. The van der Waals surface area contributed by atoms with Gasteiger partial charge in [0.25, 0.3) is 0 Å². The fraction of sp³-hybridized carbons (Fsp3) is 0.706. The zero-order chi connectivity index (χ0) is 15.3. The average Bonchev–Trinajstić information content (AvgIpc) is 2.49. The second kappa shape index (κ2) is 4.73. The molecule has 0 aromatic carbocycles. The van der Waals surface area contributed by atoms with Crippen LogP contribution in [0.5, 0.6) is 0 Å². The zero-order valence-electron chi connectivity index (χ0n) is 13.7. The minimum absolute atomic E-state index is 0.0183. The van der Waals surface area contributed by atoms with E-state index >= 15 is 0 Å². The molecule has 1 atom stereocenters. The van der Waals surface area contributed by atoms with E-state index in [0.29, 0.717) is 6.61 Å². The normalized spacial score (nSPS) is 28.5. The number of hydrogen-bond donors (Lipinski definition) is 0. The Morgan fingerprint density at radius 1 is 1.30 bits per heavy atom. The highest BCUT2D eigenvalue weighted by Gasteiger charge is 2.51. The Labute approximate surface area is 122 Å². The van der Waals surface area contributed by atoms with Crippen LogP contribution >= 0.6 is 0 Å². The topological polar surface area (TPSA) is 29.5 Å². The zero-order valence-corrected chi connectivity index (χ0v) is 13.7. The van der Waals surface area contributed by atoms with Crippen LogP contribution in [-0.4, -0.2) is 35.6 Å². The summed E-state index contributed by atoms with van der Waals surface area (Å²) in [6, 6.07) is 0. The molecule has 0 saturated heterocycles. The van der Waals surface area contributed by atoms with E-state index in [9.17, 15) is 4.79 Å². The Kier molecular flexibility index (Phi) is 3.62. The Bertz CT molecular complexity index is 485. The number of carbonyl (C=O) groups excluding carboxylic acids is 1. The highest BCUT2D eigenvalue weighted by molar-refractivity contribution is 5.75. The van der Waals surface area contributed by atoms with E-state index in [0.717, 1.165) is 18.4 Å². The predicted octanol–water partition coefficient (Wildman–Crippen LogP) is 3.31. The fourth-order valence-corrected chi connectivity index (χ4v) is 3.89. The monoisotopic (exact) mass is 277 g/mol. The molecule has 2 rings (SSSR count). The van der Waals surface area contributed by atoms with Gasteiger partial charge >= 0.3 is 5.97 Å². The van der Waals surface area contributed by atoms with Gasteiger partial charge in [0, 0.05) is 11.1 Å². The molecule has 3 nitrogen and oxygen atoms in total. The number of carbonyl (C=O) groups is 1. The fourth-order valence-electron chi connectivity index (χ4n) is 3.89. The Balaban J connectivity index is 2.40. The molecule has 20 heavy (non-hydrogen) atoms. The van der Waals surface area contributed by atoms with E-state index in [2.05, 4.69) is 46.2 Å². The first-order valence-electron chi connectivity index (χ1n) is 7.46. The number of rotatable bonds is 2. The molecule has 2 aliphatic rings. The van der Waals surface area contributed by atoms with Crippen molar-refractivity contribution in [2.24, 2.45) is 5.92 Å². The standard InChI is InChI=1S/C17H27NO2/c1-8-20-15(19)12-9-11(2)14-13(10-12)16(3,4)18(7)17(14,5)6/h12H,2,8-10H2,1,3-7H3. The van der Waals surface area contributed by atoms with Crippen molar-refractivity contribution in [3.63, 3.8) is 0 Å². The van der Waals surface area contributed by atoms with Gasteiger partial charge in [0.05, 0.1) is 12.5 Å². The highest BCUT2D eigenvalue weighted by Crippen LogP contribution is 2.52.